The highest BCUT2D eigenvalue weighted by molar-refractivity contribution is 7.87. The molecular weight excluding hydrogens is 364 g/mol. The summed E-state index contributed by atoms with van der Waals surface area (Å²) in [5, 5.41) is 0. The van der Waals surface area contributed by atoms with E-state index >= 15 is 0 Å². The summed E-state index contributed by atoms with van der Waals surface area (Å²) in [7, 11) is -3.57. The second-order valence-electron chi connectivity index (χ2n) is 7.81. The van der Waals surface area contributed by atoms with E-state index in [1.165, 1.54) is 0 Å². The van der Waals surface area contributed by atoms with E-state index in [-0.39, 0.29) is 17.6 Å². The van der Waals surface area contributed by atoms with Crippen molar-refractivity contribution >= 4 is 16.1 Å². The molecule has 0 amide bonds. The maximum absolute atomic E-state index is 12.4. The lowest BCUT2D eigenvalue weighted by atomic mass is 9.75. The van der Waals surface area contributed by atoms with Crippen LogP contribution in [0.3, 0.4) is 0 Å². The predicted molar refractivity (Wildman–Crippen MR) is 104 cm³/mol. The number of hydrogen-bond acceptors (Lipinski definition) is 5. The van der Waals surface area contributed by atoms with Crippen molar-refractivity contribution in [1.82, 2.24) is 0 Å². The minimum atomic E-state index is -3.57. The number of fused-ring (bicyclic) bond motifs is 1. The van der Waals surface area contributed by atoms with Crippen molar-refractivity contribution < 1.29 is 22.1 Å². The van der Waals surface area contributed by atoms with Gasteiger partial charge in [0.05, 0.1) is 17.8 Å². The van der Waals surface area contributed by atoms with Gasteiger partial charge in [-0.2, -0.15) is 8.42 Å². The summed E-state index contributed by atoms with van der Waals surface area (Å²) in [6, 6.07) is 6.99. The normalized spacial score (nSPS) is 24.7. The lowest BCUT2D eigenvalue weighted by molar-refractivity contribution is -0.146. The highest BCUT2D eigenvalue weighted by Gasteiger charge is 2.55. The summed E-state index contributed by atoms with van der Waals surface area (Å²) in [4.78, 5) is 12.4. The molecule has 2 fully saturated rings. The number of benzene rings is 1. The van der Waals surface area contributed by atoms with Crippen molar-refractivity contribution in [2.24, 2.45) is 11.3 Å². The molecule has 6 heteroatoms. The Morgan fingerprint density at radius 1 is 1.22 bits per heavy atom. The van der Waals surface area contributed by atoms with Crippen LogP contribution in [-0.4, -0.2) is 26.7 Å². The zero-order valence-electron chi connectivity index (χ0n) is 15.9. The minimum Gasteiger partial charge on any atom is -0.465 e. The number of carbonyl (C=O) groups excluding carboxylic acids is 1. The van der Waals surface area contributed by atoms with E-state index < -0.39 is 15.5 Å². The zero-order valence-corrected chi connectivity index (χ0v) is 16.7. The Labute approximate surface area is 161 Å². The molecule has 0 spiro atoms. The molecule has 1 heterocycles. The van der Waals surface area contributed by atoms with Gasteiger partial charge in [-0.15, -0.1) is 0 Å². The van der Waals surface area contributed by atoms with Gasteiger partial charge in [0.1, 0.15) is 5.75 Å². The number of ether oxygens (including phenoxy) is 1. The molecule has 3 rings (SSSR count). The first kappa shape index (κ1) is 19.9. The van der Waals surface area contributed by atoms with Crippen LogP contribution in [0, 0.1) is 11.3 Å². The average Bonchev–Trinajstić information content (AvgIpc) is 3.08. The molecule has 0 aromatic heterocycles. The fourth-order valence-corrected chi connectivity index (χ4v) is 5.23. The van der Waals surface area contributed by atoms with E-state index in [4.69, 9.17) is 8.92 Å². The summed E-state index contributed by atoms with van der Waals surface area (Å²) < 4.78 is 34.6. The lowest BCUT2D eigenvalue weighted by Crippen LogP contribution is -2.31. The zero-order chi connectivity index (χ0) is 19.5. The summed E-state index contributed by atoms with van der Waals surface area (Å²) in [5.41, 5.74) is 1.57. The van der Waals surface area contributed by atoms with Crippen LogP contribution in [-0.2, 0) is 26.1 Å². The summed E-state index contributed by atoms with van der Waals surface area (Å²) in [6.45, 7) is 6.61. The minimum absolute atomic E-state index is 0.0352. The fourth-order valence-electron chi connectivity index (χ4n) is 4.18. The van der Waals surface area contributed by atoms with Crippen LogP contribution in [0.25, 0.3) is 0 Å². The molecule has 2 unspecified atom stereocenters. The van der Waals surface area contributed by atoms with Gasteiger partial charge in [-0.05, 0) is 43.4 Å². The molecule has 2 aliphatic rings. The van der Waals surface area contributed by atoms with E-state index in [0.717, 1.165) is 36.8 Å². The Bertz CT molecular complexity index is 796. The standard InChI is InChI=1S/C21H28O5S/c1-3-4-5-6-11-27(23,24)26-19-9-7-17(8-10-19)14-21-13-16(2)12-18(21)15-25-20(21)22/h7-10,18H,2-6,11-15H2,1H3. The van der Waals surface area contributed by atoms with Gasteiger partial charge >= 0.3 is 16.1 Å². The Morgan fingerprint density at radius 2 is 1.96 bits per heavy atom. The molecule has 0 radical (unpaired) electrons. The molecular formula is C21H28O5S. The first-order valence-electron chi connectivity index (χ1n) is 9.69. The van der Waals surface area contributed by atoms with Crippen molar-refractivity contribution in [2.75, 3.05) is 12.4 Å². The Kier molecular flexibility index (Phi) is 5.94. The van der Waals surface area contributed by atoms with Crippen molar-refractivity contribution in [3.8, 4) is 5.75 Å². The molecule has 0 N–H and O–H groups in total. The van der Waals surface area contributed by atoms with E-state index in [0.29, 0.717) is 31.6 Å². The van der Waals surface area contributed by atoms with Crippen LogP contribution < -0.4 is 4.18 Å². The number of rotatable bonds is 9. The molecule has 27 heavy (non-hydrogen) atoms. The van der Waals surface area contributed by atoms with Crippen LogP contribution in [0.15, 0.2) is 36.4 Å². The third-order valence-corrected chi connectivity index (χ3v) is 6.85. The maximum atomic E-state index is 12.4. The second kappa shape index (κ2) is 8.05. The van der Waals surface area contributed by atoms with Crippen molar-refractivity contribution in [3.05, 3.63) is 42.0 Å². The van der Waals surface area contributed by atoms with Crippen LogP contribution >= 0.6 is 0 Å². The molecule has 1 aliphatic carbocycles. The van der Waals surface area contributed by atoms with Gasteiger partial charge in [0, 0.05) is 5.92 Å². The predicted octanol–water partition coefficient (Wildman–Crippen LogP) is 4.03. The number of esters is 1. The topological polar surface area (TPSA) is 69.7 Å². The SMILES string of the molecule is C=C1CC2COC(=O)C2(Cc2ccc(OS(=O)(=O)CCCCCC)cc2)C1. The van der Waals surface area contributed by atoms with Gasteiger partial charge in [-0.3, -0.25) is 4.79 Å². The molecule has 0 bridgehead atoms. The second-order valence-corrected chi connectivity index (χ2v) is 9.50. The lowest BCUT2D eigenvalue weighted by Gasteiger charge is -2.24. The molecule has 1 aliphatic heterocycles. The molecule has 1 saturated carbocycles. The first-order chi connectivity index (χ1) is 12.8. The van der Waals surface area contributed by atoms with E-state index in [2.05, 4.69) is 13.5 Å². The summed E-state index contributed by atoms with van der Waals surface area (Å²) in [6.07, 6.45) is 5.68. The van der Waals surface area contributed by atoms with Gasteiger partial charge in [0.25, 0.3) is 0 Å². The smallest absolute Gasteiger partial charge is 0.313 e. The van der Waals surface area contributed by atoms with Gasteiger partial charge in [-0.1, -0.05) is 50.5 Å². The average molecular weight is 393 g/mol. The van der Waals surface area contributed by atoms with Crippen LogP contribution in [0.1, 0.15) is 51.0 Å². The van der Waals surface area contributed by atoms with Crippen LogP contribution in [0.4, 0.5) is 0 Å². The quantitative estimate of drug-likeness (QED) is 0.275. The summed E-state index contributed by atoms with van der Waals surface area (Å²) in [5.74, 6) is 0.402. The highest BCUT2D eigenvalue weighted by atomic mass is 32.2. The number of unbranched alkanes of at least 4 members (excludes halogenated alkanes) is 3. The van der Waals surface area contributed by atoms with Crippen LogP contribution in [0.5, 0.6) is 5.75 Å². The van der Waals surface area contributed by atoms with Gasteiger partial charge in [0.15, 0.2) is 0 Å². The fraction of sp³-hybridized carbons (Fsp3) is 0.571. The van der Waals surface area contributed by atoms with Gasteiger partial charge in [-0.25, -0.2) is 0 Å². The number of carbonyl (C=O) groups is 1. The third kappa shape index (κ3) is 4.54. The number of cyclic esters (lactones) is 1. The van der Waals surface area contributed by atoms with E-state index in [1.54, 1.807) is 12.1 Å². The molecule has 1 saturated heterocycles. The Hall–Kier alpha value is -1.82. The number of allylic oxidation sites excluding steroid dienone is 1. The molecule has 1 aromatic rings. The van der Waals surface area contributed by atoms with E-state index in [1.807, 2.05) is 12.1 Å². The monoisotopic (exact) mass is 392 g/mol. The summed E-state index contributed by atoms with van der Waals surface area (Å²) >= 11 is 0. The molecule has 2 atom stereocenters. The Morgan fingerprint density at radius 3 is 2.67 bits per heavy atom. The Balaban J connectivity index is 1.62. The van der Waals surface area contributed by atoms with Gasteiger partial charge < -0.3 is 8.92 Å². The molecule has 148 valence electrons. The molecule has 1 aromatic carbocycles. The maximum Gasteiger partial charge on any atom is 0.313 e. The number of hydrogen-bond donors (Lipinski definition) is 0. The van der Waals surface area contributed by atoms with Crippen molar-refractivity contribution in [1.29, 1.82) is 0 Å². The van der Waals surface area contributed by atoms with Gasteiger partial charge in [0.2, 0.25) is 0 Å². The third-order valence-electron chi connectivity index (χ3n) is 5.62. The molecule has 5 nitrogen and oxygen atoms in total. The first-order valence-corrected chi connectivity index (χ1v) is 11.3. The van der Waals surface area contributed by atoms with Crippen LogP contribution in [0.2, 0.25) is 0 Å². The van der Waals surface area contributed by atoms with E-state index in [9.17, 15) is 13.2 Å². The van der Waals surface area contributed by atoms with Crippen molar-refractivity contribution in [2.45, 2.75) is 51.9 Å². The van der Waals surface area contributed by atoms with Crippen molar-refractivity contribution in [3.63, 3.8) is 0 Å². The highest BCUT2D eigenvalue weighted by Crippen LogP contribution is 2.52. The largest absolute Gasteiger partial charge is 0.465 e.